The first-order valence-electron chi connectivity index (χ1n) is 9.31. The quantitative estimate of drug-likeness (QED) is 0.474. The fourth-order valence-electron chi connectivity index (χ4n) is 1.45. The van der Waals surface area contributed by atoms with Gasteiger partial charge < -0.3 is 29.6 Å². The molecule has 1 heterocycles. The van der Waals surface area contributed by atoms with Crippen molar-refractivity contribution in [2.45, 2.75) is 72.3 Å². The number of methoxy groups -OCH3 is 1. The van der Waals surface area contributed by atoms with Crippen molar-refractivity contribution in [2.75, 3.05) is 20.3 Å². The molecule has 1 rings (SSSR count). The lowest BCUT2D eigenvalue weighted by Gasteiger charge is -2.10. The maximum Gasteiger partial charge on any atom is 0.292 e. The first kappa shape index (κ1) is 30.8. The number of rotatable bonds is 9. The van der Waals surface area contributed by atoms with Crippen LogP contribution in [0.15, 0.2) is 10.6 Å². The number of hydrogen-bond donors (Lipinski definition) is 2. The van der Waals surface area contributed by atoms with Crippen molar-refractivity contribution < 1.29 is 28.7 Å². The van der Waals surface area contributed by atoms with Crippen molar-refractivity contribution in [3.63, 3.8) is 0 Å². The molecular weight excluding hydrogens is 364 g/mol. The van der Waals surface area contributed by atoms with E-state index in [1.807, 2.05) is 33.6 Å². The van der Waals surface area contributed by atoms with Gasteiger partial charge in [0.2, 0.25) is 0 Å². The molecule has 1 aromatic rings. The second kappa shape index (κ2) is 19.8. The van der Waals surface area contributed by atoms with Gasteiger partial charge in [-0.1, -0.05) is 20.8 Å². The van der Waals surface area contributed by atoms with Crippen LogP contribution in [0.1, 0.15) is 72.5 Å². The molecular formula is C20H40N2O6. The fraction of sp³-hybridized carbons (Fsp3) is 0.750. The zero-order valence-electron chi connectivity index (χ0n) is 18.6. The van der Waals surface area contributed by atoms with Gasteiger partial charge in [0.05, 0.1) is 13.7 Å². The number of unbranched alkanes of at least 4 members (excludes halogenated alkanes) is 2. The SMILES string of the molecule is C=O.CC(C)(C)N.CC(C)C(C)c1cc(OCCCCCO)no1.COC=O. The van der Waals surface area contributed by atoms with Crippen molar-refractivity contribution in [1.29, 1.82) is 0 Å². The summed E-state index contributed by atoms with van der Waals surface area (Å²) in [5.74, 6) is 2.33. The molecule has 0 saturated carbocycles. The van der Waals surface area contributed by atoms with Crippen molar-refractivity contribution in [3.05, 3.63) is 11.8 Å². The molecule has 0 fully saturated rings. The monoisotopic (exact) mass is 404 g/mol. The molecule has 1 aromatic heterocycles. The number of nitrogens with two attached hydrogens (primary N) is 1. The molecule has 1 unspecified atom stereocenters. The van der Waals surface area contributed by atoms with Crippen LogP contribution in [-0.2, 0) is 14.3 Å². The van der Waals surface area contributed by atoms with E-state index in [-0.39, 0.29) is 12.1 Å². The topological polar surface area (TPSA) is 125 Å². The minimum absolute atomic E-state index is 0. The molecule has 0 saturated heterocycles. The van der Waals surface area contributed by atoms with Crippen molar-refractivity contribution in [1.82, 2.24) is 5.16 Å². The first-order chi connectivity index (χ1) is 13.1. The standard InChI is InChI=1S/C13H23NO3.C4H11N.C2H4O2.CH2O/c1-10(2)11(3)12-9-13(14-17-12)16-8-6-4-5-7-15;1-4(2,3)5;1-4-2-3;1-2/h9-11,15H,4-8H2,1-3H3;5H2,1-3H3;2H,1H3;1H2. The average molecular weight is 405 g/mol. The molecule has 0 aliphatic heterocycles. The Morgan fingerprint density at radius 1 is 1.25 bits per heavy atom. The average Bonchev–Trinajstić information content (AvgIpc) is 3.10. The number of aromatic nitrogens is 1. The largest absolute Gasteiger partial charge is 0.476 e. The van der Waals surface area contributed by atoms with Gasteiger partial charge in [-0.15, -0.1) is 0 Å². The molecule has 0 radical (unpaired) electrons. The molecule has 166 valence electrons. The van der Waals surface area contributed by atoms with Crippen LogP contribution in [0.25, 0.3) is 0 Å². The zero-order valence-corrected chi connectivity index (χ0v) is 18.6. The Labute approximate surface area is 169 Å². The smallest absolute Gasteiger partial charge is 0.292 e. The normalized spacial score (nSPS) is 10.9. The van der Waals surface area contributed by atoms with Crippen LogP contribution in [0.2, 0.25) is 0 Å². The van der Waals surface area contributed by atoms with Gasteiger partial charge in [-0.25, -0.2) is 0 Å². The summed E-state index contributed by atoms with van der Waals surface area (Å²) in [6.07, 6.45) is 2.74. The Kier molecular flexibility index (Phi) is 21.8. The summed E-state index contributed by atoms with van der Waals surface area (Å²) in [6, 6.07) is 1.87. The highest BCUT2D eigenvalue weighted by atomic mass is 16.5. The summed E-state index contributed by atoms with van der Waals surface area (Å²) < 4.78 is 14.6. The maximum atomic E-state index is 8.95. The molecule has 0 amide bonds. The molecule has 1 atom stereocenters. The van der Waals surface area contributed by atoms with E-state index in [0.717, 1.165) is 25.0 Å². The molecule has 0 aliphatic carbocycles. The lowest BCUT2D eigenvalue weighted by Crippen LogP contribution is -2.26. The van der Waals surface area contributed by atoms with Gasteiger partial charge in [0.25, 0.3) is 12.4 Å². The highest BCUT2D eigenvalue weighted by molar-refractivity contribution is 5.36. The predicted octanol–water partition coefficient (Wildman–Crippen LogP) is 3.32. The number of carbonyl (C=O) groups is 2. The van der Waals surface area contributed by atoms with E-state index in [2.05, 4.69) is 30.7 Å². The molecule has 8 heteroatoms. The molecule has 3 N–H and O–H groups in total. The Balaban J connectivity index is -0.000000471. The van der Waals surface area contributed by atoms with Crippen LogP contribution < -0.4 is 10.5 Å². The number of hydrogen-bond acceptors (Lipinski definition) is 8. The number of nitrogens with zero attached hydrogens (tertiary/aromatic N) is 1. The highest BCUT2D eigenvalue weighted by Gasteiger charge is 2.16. The van der Waals surface area contributed by atoms with Crippen molar-refractivity contribution in [2.24, 2.45) is 11.7 Å². The summed E-state index contributed by atoms with van der Waals surface area (Å²) >= 11 is 0. The Morgan fingerprint density at radius 3 is 2.14 bits per heavy atom. The van der Waals surface area contributed by atoms with Crippen LogP contribution in [0, 0.1) is 5.92 Å². The van der Waals surface area contributed by atoms with E-state index in [1.165, 1.54) is 7.11 Å². The van der Waals surface area contributed by atoms with Crippen LogP contribution in [0.4, 0.5) is 0 Å². The van der Waals surface area contributed by atoms with Crippen LogP contribution in [-0.4, -0.2) is 49.4 Å². The lowest BCUT2D eigenvalue weighted by molar-refractivity contribution is -0.126. The Hall–Kier alpha value is -1.93. The van der Waals surface area contributed by atoms with Gasteiger partial charge in [-0.3, -0.25) is 4.79 Å². The van der Waals surface area contributed by atoms with E-state index in [0.29, 0.717) is 30.8 Å². The number of aliphatic hydroxyl groups excluding tert-OH is 1. The van der Waals surface area contributed by atoms with Gasteiger partial charge >= 0.3 is 0 Å². The van der Waals surface area contributed by atoms with Crippen LogP contribution in [0.3, 0.4) is 0 Å². The third kappa shape index (κ3) is 24.1. The molecule has 28 heavy (non-hydrogen) atoms. The number of aliphatic hydroxyl groups is 1. The van der Waals surface area contributed by atoms with Gasteiger partial charge in [0.1, 0.15) is 12.5 Å². The number of ether oxygens (including phenoxy) is 2. The second-order valence-electron chi connectivity index (χ2n) is 7.43. The summed E-state index contributed by atoms with van der Waals surface area (Å²) in [6.45, 7) is 15.6. The molecule has 8 nitrogen and oxygen atoms in total. The van der Waals surface area contributed by atoms with E-state index in [9.17, 15) is 0 Å². The Bertz CT molecular complexity index is 452. The highest BCUT2D eigenvalue weighted by Crippen LogP contribution is 2.26. The van der Waals surface area contributed by atoms with Crippen LogP contribution in [0.5, 0.6) is 5.88 Å². The van der Waals surface area contributed by atoms with E-state index < -0.39 is 0 Å². The van der Waals surface area contributed by atoms with Crippen molar-refractivity contribution >= 4 is 13.3 Å². The molecule has 0 bridgehead atoms. The second-order valence-corrected chi connectivity index (χ2v) is 7.43. The summed E-state index contributed by atoms with van der Waals surface area (Å²) in [5, 5.41) is 12.5. The zero-order chi connectivity index (χ0) is 22.6. The van der Waals surface area contributed by atoms with Gasteiger partial charge in [-0.2, -0.15) is 0 Å². The van der Waals surface area contributed by atoms with Gasteiger partial charge in [0, 0.05) is 24.1 Å². The number of carbonyl (C=O) groups excluding carboxylic acids is 2. The van der Waals surface area contributed by atoms with Crippen molar-refractivity contribution in [3.8, 4) is 5.88 Å². The molecule has 0 spiro atoms. The first-order valence-corrected chi connectivity index (χ1v) is 9.31. The minimum atomic E-state index is 0. The van der Waals surface area contributed by atoms with E-state index in [4.69, 9.17) is 29.7 Å². The summed E-state index contributed by atoms with van der Waals surface area (Å²) in [5.41, 5.74) is 5.35. The Morgan fingerprint density at radius 2 is 1.75 bits per heavy atom. The van der Waals surface area contributed by atoms with E-state index in [1.54, 1.807) is 0 Å². The van der Waals surface area contributed by atoms with Gasteiger partial charge in [0.15, 0.2) is 0 Å². The van der Waals surface area contributed by atoms with E-state index >= 15 is 0 Å². The third-order valence-electron chi connectivity index (χ3n) is 3.10. The fourth-order valence-corrected chi connectivity index (χ4v) is 1.45. The summed E-state index contributed by atoms with van der Waals surface area (Å²) in [7, 11) is 1.31. The summed E-state index contributed by atoms with van der Waals surface area (Å²) in [4.78, 5) is 17.0. The predicted molar refractivity (Wildman–Crippen MR) is 110 cm³/mol. The minimum Gasteiger partial charge on any atom is -0.476 e. The van der Waals surface area contributed by atoms with Gasteiger partial charge in [-0.05, 0) is 51.1 Å². The maximum absolute atomic E-state index is 8.95. The molecule has 0 aliphatic rings. The van der Waals surface area contributed by atoms with Crippen LogP contribution >= 0.6 is 0 Å². The third-order valence-corrected chi connectivity index (χ3v) is 3.10. The lowest BCUT2D eigenvalue weighted by atomic mass is 9.96. The molecule has 0 aromatic carbocycles.